The molecule has 8 nitrogen and oxygen atoms in total. The van der Waals surface area contributed by atoms with Crippen molar-refractivity contribution in [2.75, 3.05) is 19.7 Å². The number of rotatable bonds is 6. The maximum Gasteiger partial charge on any atom is 0.410 e. The summed E-state index contributed by atoms with van der Waals surface area (Å²) >= 11 is 3.72. The Morgan fingerprint density at radius 2 is 2.03 bits per heavy atom. The lowest BCUT2D eigenvalue weighted by Gasteiger charge is -2.38. The number of fused-ring (bicyclic) bond motifs is 3. The van der Waals surface area contributed by atoms with E-state index in [-0.39, 0.29) is 12.1 Å². The molecule has 3 aromatic rings. The standard InChI is InChI=1S/C27H38BrN5O3Si/c1-18-8-9-31(26(34)36-27(2,3)4)16-22(18)33-15-21(28)20-13-30-25-23(24(20)33)19(12-29)14-32(25)17-35-10-11-37(5,6)7/h13-15,18,22H,8-11,16-17H2,1-7H3/t18-,22+/m1/s1. The summed E-state index contributed by atoms with van der Waals surface area (Å²) in [7, 11) is -1.19. The topological polar surface area (TPSA) is 85.3 Å². The van der Waals surface area contributed by atoms with E-state index < -0.39 is 13.7 Å². The first-order valence-electron chi connectivity index (χ1n) is 12.9. The molecule has 1 aliphatic rings. The number of hydrogen-bond donors (Lipinski definition) is 0. The number of nitriles is 1. The molecule has 0 N–H and O–H groups in total. The van der Waals surface area contributed by atoms with Crippen LogP contribution in [0.3, 0.4) is 0 Å². The van der Waals surface area contributed by atoms with Crippen LogP contribution in [0, 0.1) is 17.2 Å². The lowest BCUT2D eigenvalue weighted by molar-refractivity contribution is 0.0127. The van der Waals surface area contributed by atoms with Crippen LogP contribution in [0.15, 0.2) is 23.1 Å². The third-order valence-corrected chi connectivity index (χ3v) is 9.24. The molecule has 0 aliphatic carbocycles. The smallest absolute Gasteiger partial charge is 0.410 e. The van der Waals surface area contributed by atoms with E-state index in [9.17, 15) is 10.1 Å². The molecule has 0 aromatic carbocycles. The van der Waals surface area contributed by atoms with Crippen LogP contribution in [0.25, 0.3) is 21.9 Å². The van der Waals surface area contributed by atoms with Crippen LogP contribution in [0.2, 0.25) is 25.7 Å². The van der Waals surface area contributed by atoms with Gasteiger partial charge in [-0.15, -0.1) is 0 Å². The molecule has 4 heterocycles. The van der Waals surface area contributed by atoms with Crippen molar-refractivity contribution in [2.45, 2.75) is 78.2 Å². The summed E-state index contributed by atoms with van der Waals surface area (Å²) in [5.74, 6) is 0.335. The number of likely N-dealkylation sites (tertiary alicyclic amines) is 1. The number of hydrogen-bond acceptors (Lipinski definition) is 5. The van der Waals surface area contributed by atoms with Crippen molar-refractivity contribution in [1.29, 1.82) is 5.26 Å². The number of amides is 1. The van der Waals surface area contributed by atoms with Crippen molar-refractivity contribution in [3.05, 3.63) is 28.6 Å². The zero-order valence-corrected chi connectivity index (χ0v) is 25.6. The number of aromatic nitrogens is 3. The maximum atomic E-state index is 12.9. The summed E-state index contributed by atoms with van der Waals surface area (Å²) in [4.78, 5) is 19.4. The molecule has 200 valence electrons. The number of nitrogens with zero attached hydrogens (tertiary/aromatic N) is 5. The third kappa shape index (κ3) is 6.05. The van der Waals surface area contributed by atoms with Crippen molar-refractivity contribution >= 4 is 52.0 Å². The Morgan fingerprint density at radius 3 is 2.68 bits per heavy atom. The Balaban J connectivity index is 1.72. The van der Waals surface area contributed by atoms with Crippen LogP contribution >= 0.6 is 15.9 Å². The highest BCUT2D eigenvalue weighted by Crippen LogP contribution is 2.39. The summed E-state index contributed by atoms with van der Waals surface area (Å²) in [5, 5.41) is 11.8. The van der Waals surface area contributed by atoms with Gasteiger partial charge in [-0.2, -0.15) is 5.26 Å². The molecule has 1 amide bonds. The molecule has 0 radical (unpaired) electrons. The Bertz CT molecular complexity index is 1340. The molecule has 0 unspecified atom stereocenters. The molecule has 4 rings (SSSR count). The predicted octanol–water partition coefficient (Wildman–Crippen LogP) is 6.76. The average molecular weight is 589 g/mol. The number of pyridine rings is 1. The third-order valence-electron chi connectivity index (χ3n) is 6.90. The molecule has 3 aromatic heterocycles. The number of carbonyl (C=O) groups excluding carboxylic acids is 1. The van der Waals surface area contributed by atoms with Gasteiger partial charge in [0.2, 0.25) is 0 Å². The highest BCUT2D eigenvalue weighted by Gasteiger charge is 2.34. The van der Waals surface area contributed by atoms with E-state index in [2.05, 4.69) is 59.3 Å². The second-order valence-corrected chi connectivity index (χ2v) is 18.8. The first kappa shape index (κ1) is 27.7. The van der Waals surface area contributed by atoms with Gasteiger partial charge < -0.3 is 23.5 Å². The summed E-state index contributed by atoms with van der Waals surface area (Å²) in [6.45, 7) is 17.1. The normalized spacial score (nSPS) is 18.9. The van der Waals surface area contributed by atoms with E-state index in [1.165, 1.54) is 0 Å². The Kier molecular flexibility index (Phi) is 7.80. The molecular weight excluding hydrogens is 550 g/mol. The van der Waals surface area contributed by atoms with E-state index in [1.807, 2.05) is 37.7 Å². The SMILES string of the molecule is C[C@@H]1CCN(C(=O)OC(C)(C)C)C[C@@H]1n1cc(Br)c2cnc3c(c(C#N)cn3COCC[Si](C)(C)C)c21. The number of halogens is 1. The molecule has 1 aliphatic heterocycles. The van der Waals surface area contributed by atoms with E-state index in [0.717, 1.165) is 38.9 Å². The van der Waals surface area contributed by atoms with Gasteiger partial charge in [-0.3, -0.25) is 0 Å². The van der Waals surface area contributed by atoms with Crippen LogP contribution in [-0.4, -0.2) is 58.5 Å². The molecule has 0 bridgehead atoms. The highest BCUT2D eigenvalue weighted by molar-refractivity contribution is 9.10. The van der Waals surface area contributed by atoms with E-state index >= 15 is 0 Å². The average Bonchev–Trinajstić information content (AvgIpc) is 3.32. The minimum Gasteiger partial charge on any atom is -0.444 e. The molecule has 0 spiro atoms. The number of ether oxygens (including phenoxy) is 2. The number of carbonyl (C=O) groups is 1. The van der Waals surface area contributed by atoms with Gasteiger partial charge in [-0.25, -0.2) is 9.78 Å². The van der Waals surface area contributed by atoms with Gasteiger partial charge in [0.25, 0.3) is 0 Å². The summed E-state index contributed by atoms with van der Waals surface area (Å²) < 4.78 is 16.7. The fourth-order valence-corrected chi connectivity index (χ4v) is 6.10. The zero-order chi connectivity index (χ0) is 27.1. The Morgan fingerprint density at radius 1 is 1.30 bits per heavy atom. The first-order valence-corrected chi connectivity index (χ1v) is 17.4. The quantitative estimate of drug-likeness (QED) is 0.235. The fourth-order valence-electron chi connectivity index (χ4n) is 4.83. The van der Waals surface area contributed by atoms with Crippen LogP contribution < -0.4 is 0 Å². The molecule has 0 saturated carbocycles. The van der Waals surface area contributed by atoms with Gasteiger partial charge in [0, 0.05) is 56.2 Å². The van der Waals surface area contributed by atoms with Crippen molar-refractivity contribution in [1.82, 2.24) is 19.0 Å². The zero-order valence-electron chi connectivity index (χ0n) is 23.0. The van der Waals surface area contributed by atoms with Gasteiger partial charge in [-0.1, -0.05) is 26.6 Å². The first-order chi connectivity index (χ1) is 17.3. The largest absolute Gasteiger partial charge is 0.444 e. The van der Waals surface area contributed by atoms with Crippen LogP contribution in [0.4, 0.5) is 4.79 Å². The van der Waals surface area contributed by atoms with Crippen molar-refractivity contribution in [3.8, 4) is 6.07 Å². The van der Waals surface area contributed by atoms with Gasteiger partial charge in [0.05, 0.1) is 22.5 Å². The van der Waals surface area contributed by atoms with Crippen molar-refractivity contribution in [2.24, 2.45) is 5.92 Å². The van der Waals surface area contributed by atoms with Gasteiger partial charge in [0.1, 0.15) is 24.0 Å². The molecule has 1 saturated heterocycles. The molecule has 1 fully saturated rings. The van der Waals surface area contributed by atoms with E-state index in [1.54, 1.807) is 4.90 Å². The fraction of sp³-hybridized carbons (Fsp3) is 0.593. The maximum absolute atomic E-state index is 12.9. The molecular formula is C27H38BrN5O3Si. The Labute approximate surface area is 228 Å². The van der Waals surface area contributed by atoms with Crippen LogP contribution in [-0.2, 0) is 16.2 Å². The predicted molar refractivity (Wildman–Crippen MR) is 152 cm³/mol. The van der Waals surface area contributed by atoms with Gasteiger partial charge in [-0.05, 0) is 55.1 Å². The van der Waals surface area contributed by atoms with E-state index in [4.69, 9.17) is 14.5 Å². The molecule has 37 heavy (non-hydrogen) atoms. The minimum absolute atomic E-state index is 0.0311. The molecule has 10 heteroatoms. The van der Waals surface area contributed by atoms with Crippen LogP contribution in [0.5, 0.6) is 0 Å². The monoisotopic (exact) mass is 587 g/mol. The summed E-state index contributed by atoms with van der Waals surface area (Å²) in [6.07, 6.45) is 6.35. The van der Waals surface area contributed by atoms with Crippen LogP contribution in [0.1, 0.15) is 45.7 Å². The lowest BCUT2D eigenvalue weighted by atomic mass is 9.93. The second-order valence-electron chi connectivity index (χ2n) is 12.3. The van der Waals surface area contributed by atoms with Gasteiger partial charge in [0.15, 0.2) is 0 Å². The van der Waals surface area contributed by atoms with Crippen molar-refractivity contribution in [3.63, 3.8) is 0 Å². The lowest BCUT2D eigenvalue weighted by Crippen LogP contribution is -2.45. The number of piperidine rings is 1. The minimum atomic E-state index is -1.19. The molecule has 2 atom stereocenters. The highest BCUT2D eigenvalue weighted by atomic mass is 79.9. The second kappa shape index (κ2) is 10.4. The Hall–Kier alpha value is -2.35. The van der Waals surface area contributed by atoms with E-state index in [0.29, 0.717) is 37.9 Å². The van der Waals surface area contributed by atoms with Crippen molar-refractivity contribution < 1.29 is 14.3 Å². The summed E-state index contributed by atoms with van der Waals surface area (Å²) in [6, 6.07) is 3.49. The van der Waals surface area contributed by atoms with Gasteiger partial charge >= 0.3 is 6.09 Å². The summed E-state index contributed by atoms with van der Waals surface area (Å²) in [5.41, 5.74) is 1.72.